The van der Waals surface area contributed by atoms with Gasteiger partial charge in [0.25, 0.3) is 0 Å². The summed E-state index contributed by atoms with van der Waals surface area (Å²) in [6.45, 7) is 1.07. The largest absolute Gasteiger partial charge is 0.448 e. The molecule has 2 bridgehead atoms. The summed E-state index contributed by atoms with van der Waals surface area (Å²) in [5, 5.41) is 11.4. The molecule has 6 rings (SSSR count). The van der Waals surface area contributed by atoms with Crippen LogP contribution < -0.4 is 0 Å². The zero-order valence-electron chi connectivity index (χ0n) is 18.6. The number of carbonyl (C=O) groups is 1. The molecule has 1 N–H and O–H groups in total. The smallest absolute Gasteiger partial charge is 0.410 e. The van der Waals surface area contributed by atoms with Crippen molar-refractivity contribution in [3.05, 3.63) is 77.9 Å². The van der Waals surface area contributed by atoms with Crippen molar-refractivity contribution < 1.29 is 19.4 Å². The fraction of sp³-hybridized carbons (Fsp3) is 0.385. The van der Waals surface area contributed by atoms with Crippen molar-refractivity contribution in [3.63, 3.8) is 0 Å². The van der Waals surface area contributed by atoms with Crippen molar-refractivity contribution in [2.45, 2.75) is 36.4 Å². The van der Waals surface area contributed by atoms with Gasteiger partial charge in [0.1, 0.15) is 12.2 Å². The second-order valence-corrected chi connectivity index (χ2v) is 9.39. The highest BCUT2D eigenvalue weighted by atomic mass is 16.6. The number of piperidine rings is 1. The molecule has 7 heteroatoms. The van der Waals surface area contributed by atoms with Crippen molar-refractivity contribution in [2.75, 3.05) is 19.8 Å². The monoisotopic (exact) mass is 445 g/mol. The van der Waals surface area contributed by atoms with Gasteiger partial charge in [-0.2, -0.15) is 0 Å². The average Bonchev–Trinajstić information content (AvgIpc) is 3.39. The van der Waals surface area contributed by atoms with E-state index in [2.05, 4.69) is 29.2 Å². The van der Waals surface area contributed by atoms with Gasteiger partial charge in [-0.15, -0.1) is 0 Å². The lowest BCUT2D eigenvalue weighted by molar-refractivity contribution is -0.138. The number of benzene rings is 2. The van der Waals surface area contributed by atoms with Gasteiger partial charge < -0.3 is 19.1 Å². The summed E-state index contributed by atoms with van der Waals surface area (Å²) in [6, 6.07) is 16.2. The number of ether oxygens (including phenoxy) is 2. The van der Waals surface area contributed by atoms with E-state index in [1.165, 1.54) is 22.3 Å². The van der Waals surface area contributed by atoms with Crippen LogP contribution in [-0.2, 0) is 22.1 Å². The molecule has 1 amide bonds. The second kappa shape index (κ2) is 7.71. The maximum Gasteiger partial charge on any atom is 0.410 e. The van der Waals surface area contributed by atoms with Crippen molar-refractivity contribution >= 4 is 6.09 Å². The van der Waals surface area contributed by atoms with E-state index in [4.69, 9.17) is 9.47 Å². The predicted molar refractivity (Wildman–Crippen MR) is 122 cm³/mol. The van der Waals surface area contributed by atoms with Gasteiger partial charge in [0.15, 0.2) is 0 Å². The van der Waals surface area contributed by atoms with Crippen molar-refractivity contribution in [3.8, 4) is 11.1 Å². The third-order valence-corrected chi connectivity index (χ3v) is 7.39. The standard InChI is InChI=1S/C26H27N3O4/c1-28-16-27-12-24(28)26(31)10-17-13-32-14-18(11-26)29(17)25(30)33-15-23-21-8-4-2-6-19(21)20-7-3-5-9-22(20)23/h2-9,12,16-18,23,31H,10-11,13-15H2,1H3. The number of morpholine rings is 1. The number of imidazole rings is 1. The van der Waals surface area contributed by atoms with Gasteiger partial charge in [-0.05, 0) is 22.3 Å². The number of hydrogen-bond donors (Lipinski definition) is 1. The molecule has 3 heterocycles. The van der Waals surface area contributed by atoms with Gasteiger partial charge in [-0.3, -0.25) is 4.90 Å². The van der Waals surface area contributed by atoms with Gasteiger partial charge in [-0.25, -0.2) is 9.78 Å². The van der Waals surface area contributed by atoms with E-state index in [-0.39, 0.29) is 30.7 Å². The van der Waals surface area contributed by atoms with E-state index >= 15 is 0 Å². The van der Waals surface area contributed by atoms with Crippen LogP contribution in [0.25, 0.3) is 11.1 Å². The molecule has 0 saturated carbocycles. The van der Waals surface area contributed by atoms with Gasteiger partial charge in [-0.1, -0.05) is 48.5 Å². The summed E-state index contributed by atoms with van der Waals surface area (Å²) < 4.78 is 13.5. The van der Waals surface area contributed by atoms with Crippen LogP contribution in [0.4, 0.5) is 4.79 Å². The molecule has 1 aromatic heterocycles. The van der Waals surface area contributed by atoms with Crippen LogP contribution in [0.15, 0.2) is 61.1 Å². The number of carbonyl (C=O) groups excluding carboxylic acids is 1. The molecule has 2 atom stereocenters. The fourth-order valence-corrected chi connectivity index (χ4v) is 5.96. The Hall–Kier alpha value is -3.16. The zero-order chi connectivity index (χ0) is 22.6. The molecule has 3 aromatic rings. The molecule has 2 fully saturated rings. The molecule has 0 spiro atoms. The molecule has 2 aliphatic heterocycles. The minimum atomic E-state index is -1.04. The first-order valence-electron chi connectivity index (χ1n) is 11.5. The number of nitrogens with zero attached hydrogens (tertiary/aromatic N) is 3. The van der Waals surface area contributed by atoms with Crippen molar-refractivity contribution in [1.82, 2.24) is 14.5 Å². The summed E-state index contributed by atoms with van der Waals surface area (Å²) in [6.07, 6.45) is 3.86. The molecule has 2 aromatic carbocycles. The topological polar surface area (TPSA) is 76.8 Å². The molecule has 2 unspecified atom stereocenters. The van der Waals surface area contributed by atoms with Gasteiger partial charge in [0.05, 0.1) is 43.5 Å². The highest BCUT2D eigenvalue weighted by molar-refractivity contribution is 5.79. The lowest BCUT2D eigenvalue weighted by atomic mass is 9.79. The van der Waals surface area contributed by atoms with E-state index in [1.54, 1.807) is 17.4 Å². The predicted octanol–water partition coefficient (Wildman–Crippen LogP) is 3.42. The minimum Gasteiger partial charge on any atom is -0.448 e. The zero-order valence-corrected chi connectivity index (χ0v) is 18.6. The van der Waals surface area contributed by atoms with Crippen LogP contribution >= 0.6 is 0 Å². The number of amides is 1. The number of aromatic nitrogens is 2. The summed E-state index contributed by atoms with van der Waals surface area (Å²) in [7, 11) is 1.88. The van der Waals surface area contributed by atoms with Gasteiger partial charge in [0.2, 0.25) is 0 Å². The Labute approximate surface area is 192 Å². The molecule has 1 aliphatic carbocycles. The SMILES string of the molecule is Cn1cncc1C1(O)CC2COCC(C1)N2C(=O)OCC1c2ccccc2-c2ccccc21. The Balaban J connectivity index is 1.21. The number of rotatable bonds is 3. The second-order valence-electron chi connectivity index (χ2n) is 9.39. The quantitative estimate of drug-likeness (QED) is 0.669. The van der Waals surface area contributed by atoms with Crippen LogP contribution in [0.2, 0.25) is 0 Å². The average molecular weight is 446 g/mol. The van der Waals surface area contributed by atoms with Gasteiger partial charge >= 0.3 is 6.09 Å². The van der Waals surface area contributed by atoms with E-state index < -0.39 is 5.60 Å². The third-order valence-electron chi connectivity index (χ3n) is 7.39. The normalized spacial score (nSPS) is 26.1. The molecule has 7 nitrogen and oxygen atoms in total. The summed E-state index contributed by atoms with van der Waals surface area (Å²) in [4.78, 5) is 19.3. The Morgan fingerprint density at radius 2 is 1.70 bits per heavy atom. The molecule has 2 saturated heterocycles. The first-order valence-corrected chi connectivity index (χ1v) is 11.5. The van der Waals surface area contributed by atoms with E-state index in [9.17, 15) is 9.90 Å². The Morgan fingerprint density at radius 3 is 2.27 bits per heavy atom. The summed E-state index contributed by atoms with van der Waals surface area (Å²) in [5.74, 6) is 0.0219. The number of hydrogen-bond acceptors (Lipinski definition) is 5. The highest BCUT2D eigenvalue weighted by Gasteiger charge is 2.50. The number of fused-ring (bicyclic) bond motifs is 5. The van der Waals surface area contributed by atoms with Gasteiger partial charge in [0, 0.05) is 25.8 Å². The molecule has 3 aliphatic rings. The van der Waals surface area contributed by atoms with Crippen LogP contribution in [0, 0.1) is 0 Å². The number of aryl methyl sites for hydroxylation is 1. The highest BCUT2D eigenvalue weighted by Crippen LogP contribution is 2.45. The molecule has 170 valence electrons. The van der Waals surface area contributed by atoms with Crippen LogP contribution in [0.1, 0.15) is 35.6 Å². The lowest BCUT2D eigenvalue weighted by Gasteiger charge is -2.50. The Morgan fingerprint density at radius 1 is 1.09 bits per heavy atom. The molecular weight excluding hydrogens is 418 g/mol. The molecular formula is C26H27N3O4. The lowest BCUT2D eigenvalue weighted by Crippen LogP contribution is -2.63. The van der Waals surface area contributed by atoms with E-state index in [0.717, 1.165) is 5.69 Å². The van der Waals surface area contributed by atoms with Crippen LogP contribution in [0.3, 0.4) is 0 Å². The first-order chi connectivity index (χ1) is 16.0. The maximum atomic E-state index is 13.3. The van der Waals surface area contributed by atoms with Crippen molar-refractivity contribution in [2.24, 2.45) is 7.05 Å². The van der Waals surface area contributed by atoms with Crippen molar-refractivity contribution in [1.29, 1.82) is 0 Å². The molecule has 0 radical (unpaired) electrons. The maximum absolute atomic E-state index is 13.3. The molecule has 33 heavy (non-hydrogen) atoms. The fourth-order valence-electron chi connectivity index (χ4n) is 5.96. The number of aliphatic hydroxyl groups is 1. The Bertz CT molecular complexity index is 1150. The summed E-state index contributed by atoms with van der Waals surface area (Å²) >= 11 is 0. The van der Waals surface area contributed by atoms with Crippen LogP contribution in [-0.4, -0.2) is 57.6 Å². The summed E-state index contributed by atoms with van der Waals surface area (Å²) in [5.41, 5.74) is 4.53. The third kappa shape index (κ3) is 3.26. The minimum absolute atomic E-state index is 0.0219. The van der Waals surface area contributed by atoms with Crippen LogP contribution in [0.5, 0.6) is 0 Å². The first kappa shape index (κ1) is 20.4. The Kier molecular flexibility index (Phi) is 4.78. The van der Waals surface area contributed by atoms with E-state index in [0.29, 0.717) is 26.1 Å². The van der Waals surface area contributed by atoms with E-state index in [1.807, 2.05) is 35.9 Å².